The topological polar surface area (TPSA) is 101 Å². The van der Waals surface area contributed by atoms with Crippen LogP contribution in [0.4, 0.5) is 0 Å². The van der Waals surface area contributed by atoms with Gasteiger partial charge in [0.25, 0.3) is 0 Å². The molecule has 7 nitrogen and oxygen atoms in total. The van der Waals surface area contributed by atoms with Crippen LogP contribution in [0.2, 0.25) is 0 Å². The first-order chi connectivity index (χ1) is 15.6. The van der Waals surface area contributed by atoms with Gasteiger partial charge in [-0.2, -0.15) is 4.98 Å². The Bertz CT molecular complexity index is 1150. The largest absolute Gasteiger partial charge is 0.380 e. The number of hydrogen-bond donors (Lipinski definition) is 2. The molecule has 0 bridgehead atoms. The van der Waals surface area contributed by atoms with Crippen molar-refractivity contribution in [2.75, 3.05) is 20.1 Å². The van der Waals surface area contributed by atoms with E-state index in [2.05, 4.69) is 60.0 Å². The summed E-state index contributed by atoms with van der Waals surface area (Å²) >= 11 is 0. The predicted octanol–water partition coefficient (Wildman–Crippen LogP) is 3.48. The molecule has 0 amide bonds. The Morgan fingerprint density at radius 2 is 1.85 bits per heavy atom. The van der Waals surface area contributed by atoms with Crippen molar-refractivity contribution in [3.8, 4) is 11.4 Å². The van der Waals surface area contributed by atoms with Crippen molar-refractivity contribution in [3.05, 3.63) is 65.3 Å². The minimum Gasteiger partial charge on any atom is -0.380 e. The lowest BCUT2D eigenvalue weighted by atomic mass is 9.62. The van der Waals surface area contributed by atoms with Gasteiger partial charge in [0, 0.05) is 54.0 Å². The molecule has 0 unspecified atom stereocenters. The van der Waals surface area contributed by atoms with Crippen molar-refractivity contribution >= 4 is 0 Å². The van der Waals surface area contributed by atoms with Crippen LogP contribution in [0.5, 0.6) is 0 Å². The minimum atomic E-state index is -1.21. The summed E-state index contributed by atoms with van der Waals surface area (Å²) in [4.78, 5) is 11.2. The Morgan fingerprint density at radius 1 is 1.15 bits per heavy atom. The number of nitrogens with two attached hydrogens (primary N) is 1. The molecular formula is C26H33N5O2. The van der Waals surface area contributed by atoms with E-state index in [-0.39, 0.29) is 11.0 Å². The summed E-state index contributed by atoms with van der Waals surface area (Å²) < 4.78 is 5.46. The quantitative estimate of drug-likeness (QED) is 0.572. The van der Waals surface area contributed by atoms with Gasteiger partial charge in [-0.15, -0.1) is 0 Å². The molecule has 7 heteroatoms. The highest BCUT2D eigenvalue weighted by Gasteiger charge is 2.55. The first kappa shape index (κ1) is 22.2. The van der Waals surface area contributed by atoms with Crippen LogP contribution in [0.1, 0.15) is 62.1 Å². The van der Waals surface area contributed by atoms with Gasteiger partial charge in [0.2, 0.25) is 11.7 Å². The Labute approximate surface area is 195 Å². The molecular weight excluding hydrogens is 414 g/mol. The Morgan fingerprint density at radius 3 is 2.45 bits per heavy atom. The van der Waals surface area contributed by atoms with E-state index in [1.54, 1.807) is 12.4 Å². The zero-order valence-corrected chi connectivity index (χ0v) is 19.9. The van der Waals surface area contributed by atoms with Gasteiger partial charge in [-0.1, -0.05) is 50.2 Å². The Kier molecular flexibility index (Phi) is 5.19. The molecule has 1 aliphatic heterocycles. The number of likely N-dealkylation sites (tertiary alicyclic amines) is 1. The summed E-state index contributed by atoms with van der Waals surface area (Å²) in [6, 6.07) is 10.3. The lowest BCUT2D eigenvalue weighted by Gasteiger charge is -2.55. The van der Waals surface area contributed by atoms with Crippen molar-refractivity contribution < 1.29 is 9.63 Å². The van der Waals surface area contributed by atoms with Crippen molar-refractivity contribution in [1.29, 1.82) is 0 Å². The lowest BCUT2D eigenvalue weighted by molar-refractivity contribution is -0.127. The van der Waals surface area contributed by atoms with Crippen LogP contribution in [0.25, 0.3) is 11.4 Å². The third-order valence-corrected chi connectivity index (χ3v) is 7.38. The van der Waals surface area contributed by atoms with Crippen LogP contribution >= 0.6 is 0 Å². The molecule has 3 aromatic rings. The van der Waals surface area contributed by atoms with Crippen molar-refractivity contribution in [2.45, 2.75) is 57.1 Å². The second kappa shape index (κ2) is 7.72. The van der Waals surface area contributed by atoms with Crippen LogP contribution in [-0.2, 0) is 12.0 Å². The number of aromatic nitrogens is 3. The van der Waals surface area contributed by atoms with Gasteiger partial charge in [0.15, 0.2) is 0 Å². The van der Waals surface area contributed by atoms with Gasteiger partial charge >= 0.3 is 0 Å². The highest BCUT2D eigenvalue weighted by Crippen LogP contribution is 2.50. The van der Waals surface area contributed by atoms with E-state index in [9.17, 15) is 5.11 Å². The SMILES string of the molecule is CC(C)c1ccc([C@](O)(c2cncc(-c3noc(CC4(N)CC4)n3)c2)C2(C)CN(C)C2)cc1. The maximum atomic E-state index is 12.4. The van der Waals surface area contributed by atoms with Crippen molar-refractivity contribution in [2.24, 2.45) is 11.1 Å². The first-order valence-corrected chi connectivity index (χ1v) is 11.7. The van der Waals surface area contributed by atoms with Gasteiger partial charge in [0.05, 0.1) is 0 Å². The van der Waals surface area contributed by atoms with Crippen molar-refractivity contribution in [1.82, 2.24) is 20.0 Å². The average molecular weight is 448 g/mol. The van der Waals surface area contributed by atoms with E-state index < -0.39 is 5.60 Å². The van der Waals surface area contributed by atoms with E-state index in [1.165, 1.54) is 5.56 Å². The van der Waals surface area contributed by atoms with Crippen LogP contribution < -0.4 is 5.73 Å². The van der Waals surface area contributed by atoms with Crippen molar-refractivity contribution in [3.63, 3.8) is 0 Å². The Balaban J connectivity index is 1.53. The molecule has 33 heavy (non-hydrogen) atoms. The van der Waals surface area contributed by atoms with Gasteiger partial charge < -0.3 is 20.3 Å². The predicted molar refractivity (Wildman–Crippen MR) is 127 cm³/mol. The number of hydrogen-bond acceptors (Lipinski definition) is 7. The summed E-state index contributed by atoms with van der Waals surface area (Å²) in [6.07, 6.45) is 6.02. The molecule has 3 heterocycles. The normalized spacial score (nSPS) is 20.9. The van der Waals surface area contributed by atoms with Gasteiger partial charge in [-0.05, 0) is 43.0 Å². The molecule has 1 saturated carbocycles. The summed E-state index contributed by atoms with van der Waals surface area (Å²) in [7, 11) is 2.07. The summed E-state index contributed by atoms with van der Waals surface area (Å²) in [5.41, 5.74) is 8.01. The highest BCUT2D eigenvalue weighted by molar-refractivity contribution is 5.56. The summed E-state index contributed by atoms with van der Waals surface area (Å²) in [5, 5.41) is 16.5. The third-order valence-electron chi connectivity index (χ3n) is 7.38. The van der Waals surface area contributed by atoms with E-state index in [0.29, 0.717) is 24.1 Å². The van der Waals surface area contributed by atoms with Gasteiger partial charge in [-0.3, -0.25) is 4.98 Å². The first-order valence-electron chi connectivity index (χ1n) is 11.7. The fourth-order valence-corrected chi connectivity index (χ4v) is 5.19. The molecule has 2 aromatic heterocycles. The number of aliphatic hydroxyl groups is 1. The lowest BCUT2D eigenvalue weighted by Crippen LogP contribution is -2.63. The molecule has 0 radical (unpaired) electrons. The number of pyridine rings is 1. The fourth-order valence-electron chi connectivity index (χ4n) is 5.19. The molecule has 1 saturated heterocycles. The van der Waals surface area contributed by atoms with Crippen LogP contribution in [-0.4, -0.2) is 50.8 Å². The zero-order valence-electron chi connectivity index (χ0n) is 19.9. The molecule has 3 N–H and O–H groups in total. The molecule has 0 spiro atoms. The molecule has 1 atom stereocenters. The zero-order chi connectivity index (χ0) is 23.4. The van der Waals surface area contributed by atoms with Crippen LogP contribution in [0.3, 0.4) is 0 Å². The number of benzene rings is 1. The van der Waals surface area contributed by atoms with E-state index in [4.69, 9.17) is 10.3 Å². The third kappa shape index (κ3) is 3.88. The molecule has 1 aromatic carbocycles. The smallest absolute Gasteiger partial charge is 0.228 e. The maximum absolute atomic E-state index is 12.4. The van der Waals surface area contributed by atoms with Crippen LogP contribution in [0.15, 0.2) is 47.2 Å². The average Bonchev–Trinajstić information content (AvgIpc) is 3.32. The maximum Gasteiger partial charge on any atom is 0.228 e. The summed E-state index contributed by atoms with van der Waals surface area (Å²) in [6.45, 7) is 8.05. The minimum absolute atomic E-state index is 0.197. The number of nitrogens with zero attached hydrogens (tertiary/aromatic N) is 4. The second-order valence-corrected chi connectivity index (χ2v) is 10.7. The monoisotopic (exact) mass is 447 g/mol. The molecule has 5 rings (SSSR count). The van der Waals surface area contributed by atoms with Gasteiger partial charge in [-0.25, -0.2) is 0 Å². The molecule has 2 fully saturated rings. The van der Waals surface area contributed by atoms with Gasteiger partial charge in [0.1, 0.15) is 5.60 Å². The number of rotatable bonds is 7. The summed E-state index contributed by atoms with van der Waals surface area (Å²) in [5.74, 6) is 1.44. The van der Waals surface area contributed by atoms with E-state index in [0.717, 1.165) is 42.6 Å². The Hall–Kier alpha value is -2.61. The molecule has 174 valence electrons. The van der Waals surface area contributed by atoms with Crippen LogP contribution in [0, 0.1) is 5.41 Å². The van der Waals surface area contributed by atoms with E-state index >= 15 is 0 Å². The fraction of sp³-hybridized carbons (Fsp3) is 0.500. The molecule has 1 aliphatic carbocycles. The van der Waals surface area contributed by atoms with E-state index in [1.807, 2.05) is 18.2 Å². The highest BCUT2D eigenvalue weighted by atomic mass is 16.5. The second-order valence-electron chi connectivity index (χ2n) is 10.7. The standard InChI is InChI=1S/C26H33N5O2/c1-17(2)18-5-7-20(8-6-18)26(32,24(3)15-31(4)16-24)21-11-19(13-28-14-21)23-29-22(33-30-23)12-25(27)9-10-25/h5-8,11,13-14,17,32H,9-10,12,15-16,27H2,1-4H3/t26-/m0/s1. The molecule has 2 aliphatic rings.